The summed E-state index contributed by atoms with van der Waals surface area (Å²) >= 11 is 0. The van der Waals surface area contributed by atoms with Crippen molar-refractivity contribution in [3.8, 4) is 5.69 Å². The molecule has 6 heteroatoms. The second-order valence-electron chi connectivity index (χ2n) is 9.55. The van der Waals surface area contributed by atoms with Gasteiger partial charge < -0.3 is 4.90 Å². The molecule has 1 aromatic heterocycles. The maximum Gasteiger partial charge on any atom is 0.236 e. The van der Waals surface area contributed by atoms with Crippen molar-refractivity contribution < 1.29 is 4.79 Å². The Bertz CT molecular complexity index is 1090. The van der Waals surface area contributed by atoms with Crippen LogP contribution in [0.3, 0.4) is 0 Å². The van der Waals surface area contributed by atoms with E-state index in [4.69, 9.17) is 5.10 Å². The molecule has 32 heavy (non-hydrogen) atoms. The van der Waals surface area contributed by atoms with Crippen molar-refractivity contribution in [3.05, 3.63) is 59.8 Å². The maximum absolute atomic E-state index is 12.9. The fraction of sp³-hybridized carbons (Fsp3) is 0.462. The molecule has 0 atom stereocenters. The Morgan fingerprint density at radius 1 is 0.969 bits per heavy atom. The summed E-state index contributed by atoms with van der Waals surface area (Å²) < 4.78 is 1.98. The minimum atomic E-state index is 0.293. The number of carbonyl (C=O) groups excluding carboxylic acids is 1. The van der Waals surface area contributed by atoms with Crippen LogP contribution in [-0.2, 0) is 17.8 Å². The predicted molar refractivity (Wildman–Crippen MR) is 126 cm³/mol. The Hall–Kier alpha value is -2.70. The molecule has 6 rings (SSSR count). The molecular weight excluding hydrogens is 398 g/mol. The fourth-order valence-electron chi connectivity index (χ4n) is 5.35. The maximum atomic E-state index is 12.9. The Kier molecular flexibility index (Phi) is 5.20. The van der Waals surface area contributed by atoms with Gasteiger partial charge in [-0.15, -0.1) is 0 Å². The zero-order chi connectivity index (χ0) is 21.5. The first-order valence-corrected chi connectivity index (χ1v) is 12.0. The summed E-state index contributed by atoms with van der Waals surface area (Å²) in [5, 5.41) is 5.87. The highest BCUT2D eigenvalue weighted by Crippen LogP contribution is 2.26. The number of amides is 1. The second kappa shape index (κ2) is 8.34. The first kappa shape index (κ1) is 19.9. The summed E-state index contributed by atoms with van der Waals surface area (Å²) in [7, 11) is 0. The fourth-order valence-corrected chi connectivity index (χ4v) is 5.35. The third-order valence-electron chi connectivity index (χ3n) is 7.58. The Morgan fingerprint density at radius 3 is 2.59 bits per heavy atom. The Labute approximate surface area is 189 Å². The topological polar surface area (TPSA) is 44.6 Å². The minimum absolute atomic E-state index is 0.293. The molecular formula is C26H31N5O. The molecule has 0 N–H and O–H groups in total. The van der Waals surface area contributed by atoms with Crippen molar-refractivity contribution >= 4 is 16.8 Å². The van der Waals surface area contributed by atoms with Crippen LogP contribution in [0, 0.1) is 0 Å². The number of piperazine rings is 1. The Morgan fingerprint density at radius 2 is 1.81 bits per heavy atom. The number of carbonyl (C=O) groups is 1. The van der Waals surface area contributed by atoms with E-state index in [1.165, 1.54) is 30.4 Å². The van der Waals surface area contributed by atoms with Gasteiger partial charge >= 0.3 is 0 Å². The zero-order valence-corrected chi connectivity index (χ0v) is 18.6. The average molecular weight is 430 g/mol. The van der Waals surface area contributed by atoms with Crippen molar-refractivity contribution in [1.82, 2.24) is 24.5 Å². The molecule has 6 nitrogen and oxygen atoms in total. The van der Waals surface area contributed by atoms with Gasteiger partial charge in [0.05, 0.1) is 17.7 Å². The van der Waals surface area contributed by atoms with E-state index in [-0.39, 0.29) is 0 Å². The first-order chi connectivity index (χ1) is 15.7. The van der Waals surface area contributed by atoms with E-state index in [1.807, 2.05) is 22.9 Å². The van der Waals surface area contributed by atoms with Gasteiger partial charge in [-0.1, -0.05) is 30.7 Å². The number of fused-ring (bicyclic) bond motifs is 2. The van der Waals surface area contributed by atoms with Crippen molar-refractivity contribution in [1.29, 1.82) is 0 Å². The van der Waals surface area contributed by atoms with Crippen molar-refractivity contribution in [2.45, 2.75) is 38.3 Å². The third kappa shape index (κ3) is 3.82. The SMILES string of the molecule is O=C(CN1CCc2cc(-n3cc4ccccc4n3)ccc2C1)N1CCN(C2CCC2)CC1. The molecule has 3 aliphatic rings. The lowest BCUT2D eigenvalue weighted by Gasteiger charge is -2.43. The van der Waals surface area contributed by atoms with Crippen LogP contribution in [-0.4, -0.2) is 75.7 Å². The quantitative estimate of drug-likeness (QED) is 0.639. The van der Waals surface area contributed by atoms with E-state index in [2.05, 4.69) is 45.2 Å². The normalized spacial score (nSPS) is 20.3. The molecule has 166 valence electrons. The third-order valence-corrected chi connectivity index (χ3v) is 7.58. The van der Waals surface area contributed by atoms with E-state index >= 15 is 0 Å². The molecule has 1 saturated carbocycles. The van der Waals surface area contributed by atoms with E-state index < -0.39 is 0 Å². The monoisotopic (exact) mass is 429 g/mol. The van der Waals surface area contributed by atoms with Crippen LogP contribution in [0.2, 0.25) is 0 Å². The minimum Gasteiger partial charge on any atom is -0.339 e. The van der Waals surface area contributed by atoms with Gasteiger partial charge in [0.25, 0.3) is 0 Å². The molecule has 2 aliphatic heterocycles. The lowest BCUT2D eigenvalue weighted by atomic mass is 9.91. The smallest absolute Gasteiger partial charge is 0.236 e. The summed E-state index contributed by atoms with van der Waals surface area (Å²) in [6, 6.07) is 15.6. The summed E-state index contributed by atoms with van der Waals surface area (Å²) in [5.41, 5.74) is 4.83. The molecule has 3 heterocycles. The van der Waals surface area contributed by atoms with Gasteiger partial charge in [-0.3, -0.25) is 14.6 Å². The highest BCUT2D eigenvalue weighted by Gasteiger charge is 2.30. The summed E-state index contributed by atoms with van der Waals surface area (Å²) in [6.07, 6.45) is 7.14. The highest BCUT2D eigenvalue weighted by molar-refractivity contribution is 5.79. The summed E-state index contributed by atoms with van der Waals surface area (Å²) in [4.78, 5) is 19.9. The van der Waals surface area contributed by atoms with E-state index in [0.717, 1.165) is 68.3 Å². The largest absolute Gasteiger partial charge is 0.339 e. The van der Waals surface area contributed by atoms with Crippen molar-refractivity contribution in [2.24, 2.45) is 0 Å². The van der Waals surface area contributed by atoms with Crippen LogP contribution < -0.4 is 0 Å². The van der Waals surface area contributed by atoms with Gasteiger partial charge in [-0.25, -0.2) is 4.68 Å². The molecule has 1 saturated heterocycles. The van der Waals surface area contributed by atoms with Gasteiger partial charge in [-0.05, 0) is 48.6 Å². The lowest BCUT2D eigenvalue weighted by Crippen LogP contribution is -2.55. The van der Waals surface area contributed by atoms with Crippen molar-refractivity contribution in [3.63, 3.8) is 0 Å². The molecule has 2 aromatic carbocycles. The van der Waals surface area contributed by atoms with Gasteiger partial charge in [0.2, 0.25) is 5.91 Å². The van der Waals surface area contributed by atoms with Gasteiger partial charge in [0.1, 0.15) is 0 Å². The number of hydrogen-bond acceptors (Lipinski definition) is 4. The summed E-state index contributed by atoms with van der Waals surface area (Å²) in [6.45, 7) is 6.20. The van der Waals surface area contributed by atoms with E-state index in [1.54, 1.807) is 0 Å². The average Bonchev–Trinajstić information content (AvgIpc) is 3.22. The van der Waals surface area contributed by atoms with Crippen molar-refractivity contribution in [2.75, 3.05) is 39.3 Å². The van der Waals surface area contributed by atoms with E-state index in [0.29, 0.717) is 12.5 Å². The van der Waals surface area contributed by atoms with Crippen LogP contribution in [0.15, 0.2) is 48.7 Å². The molecule has 2 fully saturated rings. The number of benzene rings is 2. The van der Waals surface area contributed by atoms with Crippen LogP contribution in [0.4, 0.5) is 0 Å². The molecule has 0 bridgehead atoms. The van der Waals surface area contributed by atoms with Gasteiger partial charge in [0.15, 0.2) is 0 Å². The molecule has 1 amide bonds. The molecule has 1 aliphatic carbocycles. The number of nitrogens with zero attached hydrogens (tertiary/aromatic N) is 5. The van der Waals surface area contributed by atoms with Crippen LogP contribution in [0.1, 0.15) is 30.4 Å². The number of rotatable bonds is 4. The first-order valence-electron chi connectivity index (χ1n) is 12.0. The number of hydrogen-bond donors (Lipinski definition) is 0. The second-order valence-corrected chi connectivity index (χ2v) is 9.55. The zero-order valence-electron chi connectivity index (χ0n) is 18.6. The van der Waals surface area contributed by atoms with Gasteiger partial charge in [0, 0.05) is 56.9 Å². The predicted octanol–water partition coefficient (Wildman–Crippen LogP) is 3.08. The molecule has 0 unspecified atom stereocenters. The highest BCUT2D eigenvalue weighted by atomic mass is 16.2. The Balaban J connectivity index is 1.08. The van der Waals surface area contributed by atoms with Crippen LogP contribution in [0.25, 0.3) is 16.6 Å². The van der Waals surface area contributed by atoms with Crippen LogP contribution >= 0.6 is 0 Å². The van der Waals surface area contributed by atoms with E-state index in [9.17, 15) is 4.79 Å². The molecule has 3 aromatic rings. The number of aromatic nitrogens is 2. The summed E-state index contributed by atoms with van der Waals surface area (Å²) in [5.74, 6) is 0.293. The van der Waals surface area contributed by atoms with Gasteiger partial charge in [-0.2, -0.15) is 5.10 Å². The molecule has 0 radical (unpaired) electrons. The molecule has 0 spiro atoms. The standard InChI is InChI=1S/C26H31N5O/c32-26(30-14-12-29(13-15-30)23-5-3-6-23)19-28-11-10-20-16-24(9-8-21(20)17-28)31-18-22-4-1-2-7-25(22)27-31/h1-2,4,7-9,16,18,23H,3,5-6,10-15,17,19H2. The van der Waals surface area contributed by atoms with Crippen LogP contribution in [0.5, 0.6) is 0 Å². The lowest BCUT2D eigenvalue weighted by molar-refractivity contribution is -0.135.